The van der Waals surface area contributed by atoms with Crippen LogP contribution in [-0.4, -0.2) is 192 Å². The van der Waals surface area contributed by atoms with E-state index in [0.717, 1.165) is 97.7 Å². The number of nitrogens with one attached hydrogen (secondary N) is 3. The molecule has 0 radical (unpaired) electrons. The number of phenolic OH excluding ortho intramolecular Hbond substituents is 1. The van der Waals surface area contributed by atoms with Crippen LogP contribution in [0.4, 0.5) is 10.2 Å². The molecule has 0 aliphatic carbocycles. The van der Waals surface area contributed by atoms with Crippen LogP contribution in [0.1, 0.15) is 64.3 Å². The number of aromatic hydroxyl groups is 1. The first-order valence-corrected chi connectivity index (χ1v) is 29.6. The van der Waals surface area contributed by atoms with Crippen LogP contribution in [0.5, 0.6) is 11.8 Å². The summed E-state index contributed by atoms with van der Waals surface area (Å²) < 4.78 is 29.6. The zero-order valence-corrected chi connectivity index (χ0v) is 48.5. The molecule has 6 aromatic rings. The number of fused-ring (bicyclic) bond motifs is 2. The maximum Gasteiger partial charge on any atom is 0.319 e. The van der Waals surface area contributed by atoms with Crippen molar-refractivity contribution in [2.45, 2.75) is 84.2 Å². The second kappa shape index (κ2) is 25.6. The summed E-state index contributed by atoms with van der Waals surface area (Å²) in [4.78, 5) is 67.1. The van der Waals surface area contributed by atoms with Crippen LogP contribution >= 0.6 is 22.9 Å². The average Bonchev–Trinajstić information content (AvgIpc) is 4.10. The average molecular weight is 1150 g/mol. The summed E-state index contributed by atoms with van der Waals surface area (Å²) in [6, 6.07) is 18.4. The lowest BCUT2D eigenvalue weighted by atomic mass is 9.85. The number of nitrogens with zero attached hydrogens (tertiary/aromatic N) is 8. The van der Waals surface area contributed by atoms with Crippen molar-refractivity contribution in [3.05, 3.63) is 94.3 Å². The number of anilines is 1. The van der Waals surface area contributed by atoms with Gasteiger partial charge in [-0.15, -0.1) is 11.3 Å². The Labute approximate surface area is 482 Å². The number of aliphatic hydroxyl groups excluding tert-OH is 1. The van der Waals surface area contributed by atoms with Crippen LogP contribution in [0.2, 0.25) is 5.02 Å². The van der Waals surface area contributed by atoms with Crippen molar-refractivity contribution < 1.29 is 38.5 Å². The molecule has 0 saturated carbocycles. The van der Waals surface area contributed by atoms with E-state index < -0.39 is 29.4 Å². The minimum Gasteiger partial charge on any atom is -0.508 e. The van der Waals surface area contributed by atoms with Crippen molar-refractivity contribution in [1.29, 1.82) is 0 Å². The maximum absolute atomic E-state index is 17.0. The van der Waals surface area contributed by atoms with E-state index in [1.807, 2.05) is 88.7 Å². The fourth-order valence-electron chi connectivity index (χ4n) is 11.6. The fourth-order valence-corrected chi connectivity index (χ4v) is 12.7. The minimum absolute atomic E-state index is 0.00550. The summed E-state index contributed by atoms with van der Waals surface area (Å²) >= 11 is 8.50. The summed E-state index contributed by atoms with van der Waals surface area (Å²) in [6.45, 7) is 19.8. The van der Waals surface area contributed by atoms with Gasteiger partial charge >= 0.3 is 6.01 Å². The number of aromatic nitrogens is 3. The van der Waals surface area contributed by atoms with Gasteiger partial charge in [0.2, 0.25) is 17.7 Å². The maximum atomic E-state index is 17.0. The number of amides is 3. The lowest BCUT2D eigenvalue weighted by Crippen LogP contribution is -2.59. The van der Waals surface area contributed by atoms with E-state index in [0.29, 0.717) is 56.2 Å². The Morgan fingerprint density at radius 2 is 1.58 bits per heavy atom. The molecular formula is C60H75ClFN11O7S. The molecule has 6 heterocycles. The zero-order chi connectivity index (χ0) is 57.0. The lowest BCUT2D eigenvalue weighted by Gasteiger charge is -2.37. The van der Waals surface area contributed by atoms with Gasteiger partial charge in [0.05, 0.1) is 53.0 Å². The fraction of sp³-hybridized carbons (Fsp3) is 0.500. The third-order valence-electron chi connectivity index (χ3n) is 16.2. The Hall–Kier alpha value is -6.10. The molecule has 81 heavy (non-hydrogen) atoms. The van der Waals surface area contributed by atoms with E-state index in [1.165, 1.54) is 11.0 Å². The highest BCUT2D eigenvalue weighted by molar-refractivity contribution is 7.13. The normalized spacial score (nSPS) is 19.8. The van der Waals surface area contributed by atoms with E-state index in [-0.39, 0.29) is 77.2 Å². The quantitative estimate of drug-likeness (QED) is 0.0574. The SMILES string of the molecule is Cc1ncsc1-c1ccc(C(C)NC(=O)[C@@H]2C[C@@H](O)CN2C(=O)C(NC(=O)CN2CCN(CCOCCN3CCC(Oc4nc(N5CCNCC5)c5cc(Cl)c(-c6cc(O)cc7ccccc67)c(F)c5n4)CC3)CC2)C(C)(C)C)cc1. The van der Waals surface area contributed by atoms with E-state index in [1.54, 1.807) is 23.5 Å². The van der Waals surface area contributed by atoms with Crippen LogP contribution in [0, 0.1) is 18.2 Å². The molecule has 4 aliphatic heterocycles. The summed E-state index contributed by atoms with van der Waals surface area (Å²) in [5, 5.41) is 33.1. The number of rotatable bonds is 18. The van der Waals surface area contributed by atoms with Crippen molar-refractivity contribution in [2.24, 2.45) is 5.41 Å². The monoisotopic (exact) mass is 1150 g/mol. The van der Waals surface area contributed by atoms with Gasteiger partial charge in [-0.2, -0.15) is 9.97 Å². The van der Waals surface area contributed by atoms with E-state index in [4.69, 9.17) is 31.0 Å². The molecule has 4 fully saturated rings. The Morgan fingerprint density at radius 1 is 0.889 bits per heavy atom. The first kappa shape index (κ1) is 58.1. The predicted molar refractivity (Wildman–Crippen MR) is 314 cm³/mol. The van der Waals surface area contributed by atoms with Crippen molar-refractivity contribution in [2.75, 3.05) is 110 Å². The molecule has 10 rings (SSSR count). The Morgan fingerprint density at radius 3 is 2.27 bits per heavy atom. The van der Waals surface area contributed by atoms with Crippen LogP contribution in [0.3, 0.4) is 0 Å². The summed E-state index contributed by atoms with van der Waals surface area (Å²) in [7, 11) is 0. The van der Waals surface area contributed by atoms with Gasteiger partial charge < -0.3 is 50.3 Å². The molecular weight excluding hydrogens is 1070 g/mol. The van der Waals surface area contributed by atoms with E-state index >= 15 is 4.39 Å². The molecule has 432 valence electrons. The molecule has 4 aliphatic rings. The van der Waals surface area contributed by atoms with Gasteiger partial charge in [-0.25, -0.2) is 9.37 Å². The number of hydrogen-bond acceptors (Lipinski definition) is 16. The molecule has 4 saturated heterocycles. The summed E-state index contributed by atoms with van der Waals surface area (Å²) in [6.07, 6.45) is 0.582. The van der Waals surface area contributed by atoms with Crippen molar-refractivity contribution >= 4 is 68.2 Å². The van der Waals surface area contributed by atoms with E-state index in [2.05, 4.69) is 40.5 Å². The standard InChI is InChI=1S/C60H75ClFN11O7S/c1-37(39-10-12-40(13-11-39)54-38(2)64-36-81-54)65-57(77)49-32-43(75)34-73(49)58(78)55(60(3,4)5)66-50(76)35-71-24-22-70(23-25-71)27-29-79-28-26-69-18-14-44(15-19-69)80-59-67-53-47(56(68-59)72-20-16-63-17-21-72)33-48(61)51(52(53)62)46-31-42(74)30-41-8-6-7-9-45(41)46/h6-13,30-31,33,36-37,43-44,49,55,63,74-75H,14-29,32,34-35H2,1-5H3,(H,65,77)(H,66,76)/t37?,43-,49+,55?/m1/s1. The van der Waals surface area contributed by atoms with Gasteiger partial charge in [-0.1, -0.05) is 80.9 Å². The number of carbonyl (C=O) groups is 3. The number of ether oxygens (including phenoxy) is 2. The molecule has 2 aromatic heterocycles. The second-order valence-electron chi connectivity index (χ2n) is 23.0. The number of carbonyl (C=O) groups excluding carboxylic acids is 3. The van der Waals surface area contributed by atoms with Crippen LogP contribution < -0.4 is 25.6 Å². The number of hydrogen-bond donors (Lipinski definition) is 5. The number of β-amino-alcohol motifs (C(OH)–C–C–N with tert-alkyl or cyclic N) is 1. The predicted octanol–water partition coefficient (Wildman–Crippen LogP) is 6.64. The van der Waals surface area contributed by atoms with Gasteiger partial charge in [0, 0.05) is 102 Å². The van der Waals surface area contributed by atoms with Crippen molar-refractivity contribution in [1.82, 2.24) is 50.5 Å². The molecule has 5 N–H and O–H groups in total. The summed E-state index contributed by atoms with van der Waals surface area (Å²) in [5.74, 6) is -1.01. The largest absolute Gasteiger partial charge is 0.508 e. The summed E-state index contributed by atoms with van der Waals surface area (Å²) in [5.41, 5.74) is 4.85. The second-order valence-corrected chi connectivity index (χ2v) is 24.3. The highest BCUT2D eigenvalue weighted by Gasteiger charge is 2.45. The number of thiazole rings is 1. The topological polar surface area (TPSA) is 201 Å². The first-order chi connectivity index (χ1) is 39.0. The number of phenols is 1. The van der Waals surface area contributed by atoms with Gasteiger partial charge in [0.25, 0.3) is 0 Å². The number of piperazine rings is 2. The third-order valence-corrected chi connectivity index (χ3v) is 17.5. The Bertz CT molecular complexity index is 3200. The number of likely N-dealkylation sites (tertiary alicyclic amines) is 2. The Balaban J connectivity index is 0.656. The van der Waals surface area contributed by atoms with Gasteiger partial charge in [0.15, 0.2) is 5.82 Å². The molecule has 2 unspecified atom stereocenters. The van der Waals surface area contributed by atoms with Gasteiger partial charge in [-0.3, -0.25) is 24.2 Å². The molecule has 3 amide bonds. The number of piperidine rings is 1. The lowest BCUT2D eigenvalue weighted by molar-refractivity contribution is -0.144. The zero-order valence-electron chi connectivity index (χ0n) is 46.9. The third kappa shape index (κ3) is 13.7. The highest BCUT2D eigenvalue weighted by atomic mass is 35.5. The minimum atomic E-state index is -0.909. The number of benzene rings is 4. The molecule has 18 nitrogen and oxygen atoms in total. The number of aliphatic hydroxyl groups is 1. The first-order valence-electron chi connectivity index (χ1n) is 28.3. The molecule has 4 atom stereocenters. The van der Waals surface area contributed by atoms with Crippen LogP contribution in [-0.2, 0) is 19.1 Å². The van der Waals surface area contributed by atoms with Gasteiger partial charge in [-0.05, 0) is 77.8 Å². The van der Waals surface area contributed by atoms with E-state index in [9.17, 15) is 24.6 Å². The molecule has 4 aromatic carbocycles. The van der Waals surface area contributed by atoms with Crippen LogP contribution in [0.25, 0.3) is 43.2 Å². The molecule has 21 heteroatoms. The Kier molecular flexibility index (Phi) is 18.4. The van der Waals surface area contributed by atoms with Crippen molar-refractivity contribution in [3.63, 3.8) is 0 Å². The van der Waals surface area contributed by atoms with Crippen LogP contribution in [0.15, 0.2) is 72.2 Å². The number of aryl methyl sites for hydroxylation is 1. The molecule has 0 spiro atoms. The highest BCUT2D eigenvalue weighted by Crippen LogP contribution is 2.43. The molecule has 0 bridgehead atoms. The van der Waals surface area contributed by atoms with Gasteiger partial charge in [0.1, 0.15) is 35.3 Å². The smallest absolute Gasteiger partial charge is 0.319 e. The number of halogens is 2. The van der Waals surface area contributed by atoms with Crippen molar-refractivity contribution in [3.8, 4) is 33.3 Å².